The van der Waals surface area contributed by atoms with Crippen LogP contribution in [0.3, 0.4) is 0 Å². The molecule has 0 heterocycles. The molecule has 0 amide bonds. The SMILES string of the molecule is CC(CCO)CNS(=O)(=O)CCC(=O)O. The molecule has 90 valence electrons. The predicted molar refractivity (Wildman–Crippen MR) is 54.9 cm³/mol. The summed E-state index contributed by atoms with van der Waals surface area (Å²) in [4.78, 5) is 10.2. The lowest BCUT2D eigenvalue weighted by molar-refractivity contribution is -0.136. The first-order valence-electron chi connectivity index (χ1n) is 4.67. The molecule has 0 aromatic carbocycles. The van der Waals surface area contributed by atoms with Gasteiger partial charge in [0.25, 0.3) is 0 Å². The van der Waals surface area contributed by atoms with Crippen molar-refractivity contribution in [3.8, 4) is 0 Å². The predicted octanol–water partition coefficient (Wildman–Crippen LogP) is -0.601. The quantitative estimate of drug-likeness (QED) is 0.524. The summed E-state index contributed by atoms with van der Waals surface area (Å²) >= 11 is 0. The van der Waals surface area contributed by atoms with Crippen LogP contribution in [0.2, 0.25) is 0 Å². The van der Waals surface area contributed by atoms with Gasteiger partial charge in [0.2, 0.25) is 10.0 Å². The Kier molecular flexibility index (Phi) is 6.46. The van der Waals surface area contributed by atoms with Crippen LogP contribution in [0.5, 0.6) is 0 Å². The average Bonchev–Trinajstić information content (AvgIpc) is 2.13. The average molecular weight is 239 g/mol. The Hall–Kier alpha value is -0.660. The molecule has 0 aliphatic heterocycles. The minimum atomic E-state index is -3.50. The van der Waals surface area contributed by atoms with Crippen LogP contribution in [0.25, 0.3) is 0 Å². The first-order chi connectivity index (χ1) is 6.87. The highest BCUT2D eigenvalue weighted by Crippen LogP contribution is 1.99. The van der Waals surface area contributed by atoms with Crippen molar-refractivity contribution in [2.24, 2.45) is 5.92 Å². The van der Waals surface area contributed by atoms with E-state index >= 15 is 0 Å². The molecule has 0 saturated carbocycles. The Morgan fingerprint density at radius 1 is 1.47 bits per heavy atom. The third kappa shape index (κ3) is 8.34. The number of nitrogens with one attached hydrogen (secondary N) is 1. The van der Waals surface area contributed by atoms with Crippen LogP contribution >= 0.6 is 0 Å². The maximum atomic E-state index is 11.2. The summed E-state index contributed by atoms with van der Waals surface area (Å²) < 4.78 is 24.7. The van der Waals surface area contributed by atoms with E-state index in [0.29, 0.717) is 6.42 Å². The molecule has 0 aromatic rings. The summed E-state index contributed by atoms with van der Waals surface area (Å²) in [7, 11) is -3.50. The number of hydrogen-bond acceptors (Lipinski definition) is 4. The minimum absolute atomic E-state index is 0.0119. The zero-order valence-electron chi connectivity index (χ0n) is 8.64. The zero-order chi connectivity index (χ0) is 11.9. The number of aliphatic hydroxyl groups excluding tert-OH is 1. The summed E-state index contributed by atoms with van der Waals surface area (Å²) in [5.74, 6) is -1.51. The molecule has 0 bridgehead atoms. The van der Waals surface area contributed by atoms with Gasteiger partial charge in [-0.15, -0.1) is 0 Å². The lowest BCUT2D eigenvalue weighted by Crippen LogP contribution is -2.31. The molecule has 0 rings (SSSR count). The summed E-state index contributed by atoms with van der Waals surface area (Å²) in [6.07, 6.45) is 0.116. The number of hydrogen-bond donors (Lipinski definition) is 3. The molecule has 0 aliphatic carbocycles. The normalized spacial score (nSPS) is 13.7. The number of rotatable bonds is 8. The summed E-state index contributed by atoms with van der Waals surface area (Å²) in [6.45, 7) is 2.04. The third-order valence-electron chi connectivity index (χ3n) is 1.86. The van der Waals surface area contributed by atoms with Crippen molar-refractivity contribution in [2.45, 2.75) is 19.8 Å². The topological polar surface area (TPSA) is 104 Å². The van der Waals surface area contributed by atoms with Crippen LogP contribution in [-0.2, 0) is 14.8 Å². The second-order valence-corrected chi connectivity index (χ2v) is 5.35. The number of sulfonamides is 1. The van der Waals surface area contributed by atoms with E-state index in [1.807, 2.05) is 0 Å². The molecule has 0 radical (unpaired) electrons. The lowest BCUT2D eigenvalue weighted by Gasteiger charge is -2.10. The van der Waals surface area contributed by atoms with Gasteiger partial charge in [-0.25, -0.2) is 13.1 Å². The van der Waals surface area contributed by atoms with Gasteiger partial charge in [0.15, 0.2) is 0 Å². The van der Waals surface area contributed by atoms with Crippen molar-refractivity contribution < 1.29 is 23.4 Å². The van der Waals surface area contributed by atoms with Crippen molar-refractivity contribution in [1.82, 2.24) is 4.72 Å². The van der Waals surface area contributed by atoms with Gasteiger partial charge in [-0.3, -0.25) is 4.79 Å². The van der Waals surface area contributed by atoms with E-state index in [2.05, 4.69) is 4.72 Å². The maximum Gasteiger partial charge on any atom is 0.304 e. The smallest absolute Gasteiger partial charge is 0.304 e. The van der Waals surface area contributed by atoms with Gasteiger partial charge >= 0.3 is 5.97 Å². The highest BCUT2D eigenvalue weighted by Gasteiger charge is 2.13. The molecule has 6 nitrogen and oxygen atoms in total. The van der Waals surface area contributed by atoms with Crippen LogP contribution in [0.4, 0.5) is 0 Å². The molecular weight excluding hydrogens is 222 g/mol. The molecule has 1 atom stereocenters. The summed E-state index contributed by atoms with van der Waals surface area (Å²) in [5, 5.41) is 16.9. The number of carbonyl (C=O) groups is 1. The molecule has 0 saturated heterocycles. The van der Waals surface area contributed by atoms with Gasteiger partial charge in [-0.2, -0.15) is 0 Å². The Morgan fingerprint density at radius 2 is 2.07 bits per heavy atom. The number of carboxylic acid groups (broad SMARTS) is 1. The van der Waals surface area contributed by atoms with Gasteiger partial charge < -0.3 is 10.2 Å². The van der Waals surface area contributed by atoms with E-state index in [9.17, 15) is 13.2 Å². The van der Waals surface area contributed by atoms with E-state index in [1.165, 1.54) is 0 Å². The fraction of sp³-hybridized carbons (Fsp3) is 0.875. The largest absolute Gasteiger partial charge is 0.481 e. The van der Waals surface area contributed by atoms with Crippen molar-refractivity contribution >= 4 is 16.0 Å². The van der Waals surface area contributed by atoms with Crippen LogP contribution in [0, 0.1) is 5.92 Å². The second kappa shape index (κ2) is 6.76. The van der Waals surface area contributed by atoms with Crippen LogP contribution in [-0.4, -0.2) is 43.5 Å². The lowest BCUT2D eigenvalue weighted by atomic mass is 10.1. The number of aliphatic hydroxyl groups is 1. The zero-order valence-corrected chi connectivity index (χ0v) is 9.46. The molecule has 1 unspecified atom stereocenters. The molecule has 0 spiro atoms. The van der Waals surface area contributed by atoms with E-state index in [0.717, 1.165) is 0 Å². The van der Waals surface area contributed by atoms with Crippen molar-refractivity contribution in [3.63, 3.8) is 0 Å². The summed E-state index contributed by atoms with van der Waals surface area (Å²) in [5.41, 5.74) is 0. The van der Waals surface area contributed by atoms with Gasteiger partial charge in [0, 0.05) is 13.2 Å². The fourth-order valence-electron chi connectivity index (χ4n) is 0.886. The highest BCUT2D eigenvalue weighted by molar-refractivity contribution is 7.89. The van der Waals surface area contributed by atoms with E-state index in [-0.39, 0.29) is 19.1 Å². The van der Waals surface area contributed by atoms with Gasteiger partial charge in [0.05, 0.1) is 12.2 Å². The molecule has 15 heavy (non-hydrogen) atoms. The monoisotopic (exact) mass is 239 g/mol. The van der Waals surface area contributed by atoms with Gasteiger partial charge in [-0.1, -0.05) is 6.92 Å². The van der Waals surface area contributed by atoms with E-state index in [1.54, 1.807) is 6.92 Å². The van der Waals surface area contributed by atoms with Gasteiger partial charge in [0.1, 0.15) is 0 Å². The first-order valence-corrected chi connectivity index (χ1v) is 6.32. The molecular formula is C8H17NO5S. The minimum Gasteiger partial charge on any atom is -0.481 e. The van der Waals surface area contributed by atoms with Crippen molar-refractivity contribution in [2.75, 3.05) is 18.9 Å². The molecule has 0 aromatic heterocycles. The standard InChI is InChI=1S/C8H17NO5S/c1-7(2-4-10)6-9-15(13,14)5-3-8(11)12/h7,9-10H,2-6H2,1H3,(H,11,12). The van der Waals surface area contributed by atoms with E-state index < -0.39 is 28.2 Å². The van der Waals surface area contributed by atoms with Crippen LogP contribution in [0.15, 0.2) is 0 Å². The Balaban J connectivity index is 3.88. The Bertz CT molecular complexity index is 287. The summed E-state index contributed by atoms with van der Waals surface area (Å²) in [6, 6.07) is 0. The fourth-order valence-corrected chi connectivity index (χ4v) is 2.01. The molecule has 0 fully saturated rings. The first kappa shape index (κ1) is 14.3. The molecule has 0 aliphatic rings. The highest BCUT2D eigenvalue weighted by atomic mass is 32.2. The number of carboxylic acids is 1. The number of aliphatic carboxylic acids is 1. The maximum absolute atomic E-state index is 11.2. The van der Waals surface area contributed by atoms with Crippen LogP contribution in [0.1, 0.15) is 19.8 Å². The Morgan fingerprint density at radius 3 is 2.53 bits per heavy atom. The van der Waals surface area contributed by atoms with E-state index in [4.69, 9.17) is 10.2 Å². The van der Waals surface area contributed by atoms with Crippen molar-refractivity contribution in [1.29, 1.82) is 0 Å². The molecule has 3 N–H and O–H groups in total. The Labute approximate surface area is 89.4 Å². The molecule has 7 heteroatoms. The van der Waals surface area contributed by atoms with Gasteiger partial charge in [-0.05, 0) is 12.3 Å². The van der Waals surface area contributed by atoms with Crippen molar-refractivity contribution in [3.05, 3.63) is 0 Å². The second-order valence-electron chi connectivity index (χ2n) is 3.43. The third-order valence-corrected chi connectivity index (χ3v) is 3.21. The van der Waals surface area contributed by atoms with Crippen LogP contribution < -0.4 is 4.72 Å².